The number of hydrogen-bond acceptors (Lipinski definition) is 5. The van der Waals surface area contributed by atoms with Crippen molar-refractivity contribution in [2.24, 2.45) is 0 Å². The normalized spacial score (nSPS) is 22.2. The predicted octanol–water partition coefficient (Wildman–Crippen LogP) is 2.45. The zero-order valence-electron chi connectivity index (χ0n) is 13.1. The quantitative estimate of drug-likeness (QED) is 0.778. The first-order valence-corrected chi connectivity index (χ1v) is 7.31. The van der Waals surface area contributed by atoms with Crippen molar-refractivity contribution in [1.29, 1.82) is 0 Å². The summed E-state index contributed by atoms with van der Waals surface area (Å²) in [5.74, 6) is -1.03. The van der Waals surface area contributed by atoms with Gasteiger partial charge in [-0.2, -0.15) is 13.2 Å². The minimum absolute atomic E-state index is 0. The third kappa shape index (κ3) is 5.19. The lowest BCUT2D eigenvalue weighted by atomic mass is 9.95. The second kappa shape index (κ2) is 7.63. The maximum Gasteiger partial charge on any atom is 0.451 e. The van der Waals surface area contributed by atoms with E-state index in [1.165, 1.54) is 6.92 Å². The molecule has 1 aromatic rings. The van der Waals surface area contributed by atoms with Gasteiger partial charge in [-0.15, -0.1) is 12.4 Å². The molecule has 23 heavy (non-hydrogen) atoms. The number of aromatic nitrogens is 2. The first kappa shape index (κ1) is 19.9. The molecule has 0 radical (unpaired) electrons. The van der Waals surface area contributed by atoms with Crippen LogP contribution in [0, 0.1) is 13.8 Å². The van der Waals surface area contributed by atoms with E-state index >= 15 is 0 Å². The van der Waals surface area contributed by atoms with Crippen LogP contribution in [0.5, 0.6) is 0 Å². The third-order valence-electron chi connectivity index (χ3n) is 3.99. The standard InChI is InChI=1S/C14H21F3N4O.ClH/c1-9-10(2)20-12(14(15,16)17)21-11(9)19-8-13(22)4-3-6-18-7-5-13;/h18,22H,3-8H2,1-2H3,(H,19,20,21);1H. The molecule has 0 saturated carbocycles. The summed E-state index contributed by atoms with van der Waals surface area (Å²) < 4.78 is 38.4. The number of anilines is 1. The molecule has 3 N–H and O–H groups in total. The third-order valence-corrected chi connectivity index (χ3v) is 3.99. The van der Waals surface area contributed by atoms with Gasteiger partial charge in [-0.1, -0.05) is 0 Å². The summed E-state index contributed by atoms with van der Waals surface area (Å²) in [4.78, 5) is 7.05. The Morgan fingerprint density at radius 3 is 2.57 bits per heavy atom. The molecule has 1 aromatic heterocycles. The minimum Gasteiger partial charge on any atom is -0.388 e. The zero-order valence-corrected chi connectivity index (χ0v) is 13.9. The molecule has 0 amide bonds. The Morgan fingerprint density at radius 1 is 1.22 bits per heavy atom. The number of aryl methyl sites for hydroxylation is 1. The van der Waals surface area contributed by atoms with E-state index in [9.17, 15) is 18.3 Å². The second-order valence-electron chi connectivity index (χ2n) is 5.79. The fourth-order valence-electron chi connectivity index (χ4n) is 2.47. The lowest BCUT2D eigenvalue weighted by Crippen LogP contribution is -2.38. The van der Waals surface area contributed by atoms with E-state index in [1.54, 1.807) is 6.92 Å². The number of hydrogen-bond donors (Lipinski definition) is 3. The van der Waals surface area contributed by atoms with Gasteiger partial charge in [0.2, 0.25) is 5.82 Å². The molecule has 0 aromatic carbocycles. The molecule has 1 aliphatic rings. The van der Waals surface area contributed by atoms with Gasteiger partial charge < -0.3 is 15.7 Å². The van der Waals surface area contributed by atoms with E-state index in [0.29, 0.717) is 24.9 Å². The van der Waals surface area contributed by atoms with E-state index < -0.39 is 17.6 Å². The maximum atomic E-state index is 12.8. The molecule has 0 aliphatic carbocycles. The molecule has 1 saturated heterocycles. The molecule has 1 fully saturated rings. The number of aliphatic hydroxyl groups is 1. The van der Waals surface area contributed by atoms with Gasteiger partial charge in [0, 0.05) is 17.8 Å². The van der Waals surface area contributed by atoms with Crippen LogP contribution in [0.15, 0.2) is 0 Å². The number of rotatable bonds is 3. The molecule has 9 heteroatoms. The summed E-state index contributed by atoms with van der Waals surface area (Å²) in [6.45, 7) is 4.88. The highest BCUT2D eigenvalue weighted by atomic mass is 35.5. The average Bonchev–Trinajstić information content (AvgIpc) is 2.64. The molecular weight excluding hydrogens is 333 g/mol. The summed E-state index contributed by atoms with van der Waals surface area (Å²) in [6, 6.07) is 0. The maximum absolute atomic E-state index is 12.8. The van der Waals surface area contributed by atoms with Crippen LogP contribution in [0.4, 0.5) is 19.0 Å². The van der Waals surface area contributed by atoms with Crippen molar-refractivity contribution >= 4 is 18.2 Å². The Labute approximate surface area is 139 Å². The van der Waals surface area contributed by atoms with Crippen LogP contribution < -0.4 is 10.6 Å². The number of nitrogens with zero attached hydrogens (tertiary/aromatic N) is 2. The molecule has 0 bridgehead atoms. The molecule has 0 spiro atoms. The van der Waals surface area contributed by atoms with E-state index in [0.717, 1.165) is 13.0 Å². The fourth-order valence-corrected chi connectivity index (χ4v) is 2.47. The Morgan fingerprint density at radius 2 is 1.91 bits per heavy atom. The summed E-state index contributed by atoms with van der Waals surface area (Å²) in [6.07, 6.45) is -2.61. The van der Waals surface area contributed by atoms with Crippen molar-refractivity contribution in [3.63, 3.8) is 0 Å². The van der Waals surface area contributed by atoms with Crippen molar-refractivity contribution in [3.8, 4) is 0 Å². The van der Waals surface area contributed by atoms with E-state index in [2.05, 4.69) is 20.6 Å². The van der Waals surface area contributed by atoms with Crippen LogP contribution in [0.1, 0.15) is 36.3 Å². The molecule has 5 nitrogen and oxygen atoms in total. The van der Waals surface area contributed by atoms with Gasteiger partial charge in [0.25, 0.3) is 0 Å². The Hall–Kier alpha value is -1.12. The van der Waals surface area contributed by atoms with Gasteiger partial charge in [-0.05, 0) is 46.2 Å². The van der Waals surface area contributed by atoms with Crippen LogP contribution in [-0.4, -0.2) is 40.3 Å². The van der Waals surface area contributed by atoms with Crippen LogP contribution in [0.3, 0.4) is 0 Å². The van der Waals surface area contributed by atoms with Gasteiger partial charge in [0.15, 0.2) is 0 Å². The highest BCUT2D eigenvalue weighted by Crippen LogP contribution is 2.29. The zero-order chi connectivity index (χ0) is 16.4. The number of nitrogens with one attached hydrogen (secondary N) is 2. The van der Waals surface area contributed by atoms with Crippen molar-refractivity contribution in [2.45, 2.75) is 44.9 Å². The van der Waals surface area contributed by atoms with Gasteiger partial charge in [-0.25, -0.2) is 9.97 Å². The van der Waals surface area contributed by atoms with E-state index in [-0.39, 0.29) is 30.5 Å². The average molecular weight is 355 g/mol. The van der Waals surface area contributed by atoms with Gasteiger partial charge >= 0.3 is 6.18 Å². The second-order valence-corrected chi connectivity index (χ2v) is 5.79. The van der Waals surface area contributed by atoms with Crippen LogP contribution in [0.25, 0.3) is 0 Å². The summed E-state index contributed by atoms with van der Waals surface area (Å²) in [7, 11) is 0. The number of alkyl halides is 3. The predicted molar refractivity (Wildman–Crippen MR) is 83.9 cm³/mol. The lowest BCUT2D eigenvalue weighted by Gasteiger charge is -2.27. The fraction of sp³-hybridized carbons (Fsp3) is 0.714. The van der Waals surface area contributed by atoms with Crippen LogP contribution in [-0.2, 0) is 6.18 Å². The van der Waals surface area contributed by atoms with Crippen molar-refractivity contribution < 1.29 is 18.3 Å². The summed E-state index contributed by atoms with van der Waals surface area (Å²) in [5, 5.41) is 16.6. The lowest BCUT2D eigenvalue weighted by molar-refractivity contribution is -0.145. The van der Waals surface area contributed by atoms with E-state index in [4.69, 9.17) is 0 Å². The van der Waals surface area contributed by atoms with E-state index in [1.807, 2.05) is 0 Å². The summed E-state index contributed by atoms with van der Waals surface area (Å²) in [5.41, 5.74) is -0.101. The van der Waals surface area contributed by atoms with Gasteiger partial charge in [0.1, 0.15) is 5.82 Å². The topological polar surface area (TPSA) is 70.1 Å². The first-order valence-electron chi connectivity index (χ1n) is 7.31. The molecule has 2 rings (SSSR count). The Kier molecular flexibility index (Phi) is 6.61. The van der Waals surface area contributed by atoms with Crippen LogP contribution >= 0.6 is 12.4 Å². The highest BCUT2D eigenvalue weighted by Gasteiger charge is 2.36. The highest BCUT2D eigenvalue weighted by molar-refractivity contribution is 5.85. The molecule has 1 atom stereocenters. The van der Waals surface area contributed by atoms with Crippen molar-refractivity contribution in [1.82, 2.24) is 15.3 Å². The molecule has 132 valence electrons. The van der Waals surface area contributed by atoms with Gasteiger partial charge in [0.05, 0.1) is 5.60 Å². The summed E-state index contributed by atoms with van der Waals surface area (Å²) >= 11 is 0. The monoisotopic (exact) mass is 354 g/mol. The van der Waals surface area contributed by atoms with Crippen molar-refractivity contribution in [3.05, 3.63) is 17.1 Å². The van der Waals surface area contributed by atoms with Crippen molar-refractivity contribution in [2.75, 3.05) is 25.0 Å². The number of halogens is 4. The molecule has 2 heterocycles. The van der Waals surface area contributed by atoms with Crippen LogP contribution in [0.2, 0.25) is 0 Å². The Bertz CT molecular complexity index is 531. The molecule has 1 unspecified atom stereocenters. The Balaban J connectivity index is 0.00000264. The smallest absolute Gasteiger partial charge is 0.388 e. The minimum atomic E-state index is -4.59. The molecule has 1 aliphatic heterocycles. The molecular formula is C14H22ClF3N4O. The SMILES string of the molecule is Cc1nc(C(F)(F)F)nc(NCC2(O)CCCNCC2)c1C.Cl. The largest absolute Gasteiger partial charge is 0.451 e. The van der Waals surface area contributed by atoms with Gasteiger partial charge in [-0.3, -0.25) is 0 Å². The first-order chi connectivity index (χ1) is 10.2.